The second-order valence-corrected chi connectivity index (χ2v) is 5.87. The molecule has 1 heterocycles. The van der Waals surface area contributed by atoms with Crippen LogP contribution in [0.25, 0.3) is 0 Å². The average Bonchev–Trinajstić information content (AvgIpc) is 2.95. The van der Waals surface area contributed by atoms with Gasteiger partial charge < -0.3 is 19.7 Å². The topological polar surface area (TPSA) is 50.8 Å². The zero-order chi connectivity index (χ0) is 17.1. The molecule has 0 saturated carbocycles. The highest BCUT2D eigenvalue weighted by atomic mass is 16.5. The van der Waals surface area contributed by atoms with Crippen LogP contribution in [0.4, 0.5) is 11.4 Å². The van der Waals surface area contributed by atoms with Gasteiger partial charge in [0, 0.05) is 23.5 Å². The number of amides is 1. The van der Waals surface area contributed by atoms with Gasteiger partial charge >= 0.3 is 0 Å². The van der Waals surface area contributed by atoms with Crippen molar-refractivity contribution in [3.8, 4) is 11.5 Å². The minimum absolute atomic E-state index is 0.0576. The summed E-state index contributed by atoms with van der Waals surface area (Å²) in [7, 11) is 3.19. The van der Waals surface area contributed by atoms with Crippen LogP contribution in [0.1, 0.15) is 12.5 Å². The van der Waals surface area contributed by atoms with Gasteiger partial charge in [-0.1, -0.05) is 18.2 Å². The number of nitrogens with one attached hydrogen (secondary N) is 1. The first-order valence-corrected chi connectivity index (χ1v) is 8.00. The van der Waals surface area contributed by atoms with E-state index in [1.807, 2.05) is 41.3 Å². The predicted molar refractivity (Wildman–Crippen MR) is 95.1 cm³/mol. The van der Waals surface area contributed by atoms with Crippen LogP contribution in [-0.2, 0) is 11.2 Å². The molecule has 5 heteroatoms. The molecule has 24 heavy (non-hydrogen) atoms. The largest absolute Gasteiger partial charge is 0.493 e. The lowest BCUT2D eigenvalue weighted by Crippen LogP contribution is -2.39. The molecule has 1 aliphatic rings. The number of fused-ring (bicyclic) bond motifs is 1. The molecule has 1 atom stereocenters. The van der Waals surface area contributed by atoms with Gasteiger partial charge in [0.1, 0.15) is 0 Å². The molecular weight excluding hydrogens is 304 g/mol. The maximum absolute atomic E-state index is 12.7. The average molecular weight is 326 g/mol. The Morgan fingerprint density at radius 3 is 2.67 bits per heavy atom. The maximum Gasteiger partial charge on any atom is 0.246 e. The number of rotatable bonds is 5. The second kappa shape index (κ2) is 6.83. The van der Waals surface area contributed by atoms with Gasteiger partial charge in [-0.3, -0.25) is 4.79 Å². The lowest BCUT2D eigenvalue weighted by molar-refractivity contribution is -0.117. The smallest absolute Gasteiger partial charge is 0.246 e. The summed E-state index contributed by atoms with van der Waals surface area (Å²) < 4.78 is 10.5. The molecule has 126 valence electrons. The molecule has 2 aromatic carbocycles. The Kier molecular flexibility index (Phi) is 4.60. The number of carbonyl (C=O) groups excluding carboxylic acids is 1. The molecule has 1 unspecified atom stereocenters. The summed E-state index contributed by atoms with van der Waals surface area (Å²) in [5, 5.41) is 3.17. The first kappa shape index (κ1) is 16.2. The molecule has 0 saturated heterocycles. The Bertz CT molecular complexity index is 745. The second-order valence-electron chi connectivity index (χ2n) is 5.87. The summed E-state index contributed by atoms with van der Waals surface area (Å²) in [5.41, 5.74) is 3.06. The van der Waals surface area contributed by atoms with E-state index in [4.69, 9.17) is 9.47 Å². The highest BCUT2D eigenvalue weighted by Crippen LogP contribution is 2.32. The van der Waals surface area contributed by atoms with Crippen LogP contribution in [0.3, 0.4) is 0 Å². The zero-order valence-electron chi connectivity index (χ0n) is 14.2. The normalized spacial score (nSPS) is 15.8. The van der Waals surface area contributed by atoms with Crippen molar-refractivity contribution in [2.24, 2.45) is 0 Å². The fraction of sp³-hybridized carbons (Fsp3) is 0.316. The molecule has 0 spiro atoms. The summed E-state index contributed by atoms with van der Waals surface area (Å²) in [6.07, 6.45) is 0.901. The SMILES string of the molecule is COc1ccc(NCC(=O)N2c3ccccc3CC2C)cc1OC. The summed E-state index contributed by atoms with van der Waals surface area (Å²) in [6, 6.07) is 13.8. The summed E-state index contributed by atoms with van der Waals surface area (Å²) in [5.74, 6) is 1.36. The lowest BCUT2D eigenvalue weighted by atomic mass is 10.1. The molecule has 3 rings (SSSR count). The van der Waals surface area contributed by atoms with E-state index in [0.29, 0.717) is 11.5 Å². The third-order valence-corrected chi connectivity index (χ3v) is 4.30. The lowest BCUT2D eigenvalue weighted by Gasteiger charge is -2.23. The van der Waals surface area contributed by atoms with Gasteiger partial charge in [0.25, 0.3) is 0 Å². The maximum atomic E-state index is 12.7. The van der Waals surface area contributed by atoms with E-state index in [-0.39, 0.29) is 18.5 Å². The van der Waals surface area contributed by atoms with Crippen LogP contribution in [0.15, 0.2) is 42.5 Å². The summed E-state index contributed by atoms with van der Waals surface area (Å²) in [4.78, 5) is 14.6. The van der Waals surface area contributed by atoms with E-state index in [0.717, 1.165) is 17.8 Å². The molecule has 0 aliphatic carbocycles. The van der Waals surface area contributed by atoms with E-state index in [2.05, 4.69) is 18.3 Å². The van der Waals surface area contributed by atoms with E-state index in [9.17, 15) is 4.79 Å². The molecule has 0 bridgehead atoms. The quantitative estimate of drug-likeness (QED) is 0.917. The fourth-order valence-electron chi connectivity index (χ4n) is 3.15. The Hall–Kier alpha value is -2.69. The fourth-order valence-corrected chi connectivity index (χ4v) is 3.15. The number of carbonyl (C=O) groups is 1. The van der Waals surface area contributed by atoms with Crippen molar-refractivity contribution in [1.82, 2.24) is 0 Å². The predicted octanol–water partition coefficient (Wildman–Crippen LogP) is 3.09. The van der Waals surface area contributed by atoms with Gasteiger partial charge in [-0.05, 0) is 37.1 Å². The van der Waals surface area contributed by atoms with Crippen LogP contribution in [-0.4, -0.2) is 32.7 Å². The van der Waals surface area contributed by atoms with Crippen LogP contribution in [0.2, 0.25) is 0 Å². The molecule has 1 aliphatic heterocycles. The van der Waals surface area contributed by atoms with Crippen molar-refractivity contribution < 1.29 is 14.3 Å². The van der Waals surface area contributed by atoms with Crippen molar-refractivity contribution >= 4 is 17.3 Å². The molecule has 1 amide bonds. The first-order chi connectivity index (χ1) is 11.6. The Morgan fingerprint density at radius 1 is 1.17 bits per heavy atom. The summed E-state index contributed by atoms with van der Waals surface area (Å²) in [6.45, 7) is 2.31. The van der Waals surface area contributed by atoms with Gasteiger partial charge in [-0.2, -0.15) is 0 Å². The Morgan fingerprint density at radius 2 is 1.92 bits per heavy atom. The third-order valence-electron chi connectivity index (χ3n) is 4.30. The van der Waals surface area contributed by atoms with Gasteiger partial charge in [0.2, 0.25) is 5.91 Å². The highest BCUT2D eigenvalue weighted by molar-refractivity contribution is 5.98. The molecule has 1 N–H and O–H groups in total. The molecule has 5 nitrogen and oxygen atoms in total. The molecule has 2 aromatic rings. The minimum Gasteiger partial charge on any atom is -0.493 e. The van der Waals surface area contributed by atoms with Crippen molar-refractivity contribution in [3.05, 3.63) is 48.0 Å². The molecule has 0 fully saturated rings. The van der Waals surface area contributed by atoms with Crippen molar-refractivity contribution in [2.75, 3.05) is 31.0 Å². The van der Waals surface area contributed by atoms with E-state index >= 15 is 0 Å². The van der Waals surface area contributed by atoms with Crippen molar-refractivity contribution in [3.63, 3.8) is 0 Å². The van der Waals surface area contributed by atoms with Crippen LogP contribution >= 0.6 is 0 Å². The number of anilines is 2. The number of hydrogen-bond acceptors (Lipinski definition) is 4. The van der Waals surface area contributed by atoms with Gasteiger partial charge in [0.15, 0.2) is 11.5 Å². The van der Waals surface area contributed by atoms with Crippen LogP contribution in [0, 0.1) is 0 Å². The first-order valence-electron chi connectivity index (χ1n) is 8.00. The van der Waals surface area contributed by atoms with Crippen LogP contribution in [0.5, 0.6) is 11.5 Å². The van der Waals surface area contributed by atoms with Gasteiger partial charge in [-0.25, -0.2) is 0 Å². The molecular formula is C19H22N2O3. The van der Waals surface area contributed by atoms with Gasteiger partial charge in [0.05, 0.1) is 20.8 Å². The third kappa shape index (κ3) is 3.02. The van der Waals surface area contributed by atoms with Crippen LogP contribution < -0.4 is 19.7 Å². The monoisotopic (exact) mass is 326 g/mol. The minimum atomic E-state index is 0.0576. The van der Waals surface area contributed by atoms with Crippen molar-refractivity contribution in [2.45, 2.75) is 19.4 Å². The number of nitrogens with zero attached hydrogens (tertiary/aromatic N) is 1. The number of benzene rings is 2. The van der Waals surface area contributed by atoms with E-state index in [1.165, 1.54) is 5.56 Å². The summed E-state index contributed by atoms with van der Waals surface area (Å²) >= 11 is 0. The van der Waals surface area contributed by atoms with E-state index < -0.39 is 0 Å². The Balaban J connectivity index is 1.70. The molecule has 0 radical (unpaired) electrons. The van der Waals surface area contributed by atoms with Crippen molar-refractivity contribution in [1.29, 1.82) is 0 Å². The number of methoxy groups -OCH3 is 2. The number of hydrogen-bond donors (Lipinski definition) is 1. The standard InChI is InChI=1S/C19H22N2O3/c1-13-10-14-6-4-5-7-16(14)21(13)19(22)12-20-15-8-9-17(23-2)18(11-15)24-3/h4-9,11,13,20H,10,12H2,1-3H3. The number of para-hydroxylation sites is 1. The highest BCUT2D eigenvalue weighted by Gasteiger charge is 2.30. The van der Waals surface area contributed by atoms with E-state index in [1.54, 1.807) is 14.2 Å². The zero-order valence-corrected chi connectivity index (χ0v) is 14.2. The van der Waals surface area contributed by atoms with Gasteiger partial charge in [-0.15, -0.1) is 0 Å². The molecule has 0 aromatic heterocycles. The number of ether oxygens (including phenoxy) is 2. The Labute approximate surface area is 142 Å².